The number of carbonyl (C=O) groups excluding carboxylic acids is 1. The number of alkyl halides is 2. The van der Waals surface area contributed by atoms with E-state index in [1.165, 1.54) is 6.07 Å². The number of hydrogen-bond acceptors (Lipinski definition) is 2. The van der Waals surface area contributed by atoms with E-state index in [0.29, 0.717) is 18.7 Å². The lowest BCUT2D eigenvalue weighted by Crippen LogP contribution is -2.51. The Bertz CT molecular complexity index is 605. The molecule has 1 aliphatic rings. The summed E-state index contributed by atoms with van der Waals surface area (Å²) in [6.45, 7) is 6.37. The maximum atomic E-state index is 12.8. The first-order valence-corrected chi connectivity index (χ1v) is 7.13. The normalized spacial score (nSPS) is 15.1. The summed E-state index contributed by atoms with van der Waals surface area (Å²) in [7, 11) is 0. The van der Waals surface area contributed by atoms with Crippen LogP contribution >= 0.6 is 0 Å². The zero-order valence-corrected chi connectivity index (χ0v) is 12.9. The van der Waals surface area contributed by atoms with Gasteiger partial charge in [-0.2, -0.15) is 0 Å². The van der Waals surface area contributed by atoms with Gasteiger partial charge in [-0.15, -0.1) is 0 Å². The molecule has 0 bridgehead atoms. The van der Waals surface area contributed by atoms with Gasteiger partial charge in [-0.1, -0.05) is 30.0 Å². The average molecular weight is 307 g/mol. The Kier molecular flexibility index (Phi) is 4.70. The maximum absolute atomic E-state index is 12.8. The van der Waals surface area contributed by atoms with Crippen molar-refractivity contribution in [3.05, 3.63) is 35.4 Å². The van der Waals surface area contributed by atoms with E-state index in [2.05, 4.69) is 11.8 Å². The summed E-state index contributed by atoms with van der Waals surface area (Å²) in [5, 5.41) is 0. The number of amides is 1. The minimum atomic E-state index is -2.54. The molecule has 0 atom stereocenters. The van der Waals surface area contributed by atoms with Crippen molar-refractivity contribution in [1.29, 1.82) is 0 Å². The number of likely N-dealkylation sites (tertiary alicyclic amines) is 1. The highest BCUT2D eigenvalue weighted by Crippen LogP contribution is 2.23. The zero-order valence-electron chi connectivity index (χ0n) is 12.9. The lowest BCUT2D eigenvalue weighted by Gasteiger charge is -2.37. The molecule has 0 spiro atoms. The van der Waals surface area contributed by atoms with Crippen LogP contribution in [-0.2, 0) is 4.74 Å². The molecule has 1 aromatic rings. The predicted molar refractivity (Wildman–Crippen MR) is 79.6 cm³/mol. The molecule has 22 heavy (non-hydrogen) atoms. The third kappa shape index (κ3) is 4.20. The monoisotopic (exact) mass is 307 g/mol. The summed E-state index contributed by atoms with van der Waals surface area (Å²) in [4.78, 5) is 13.3. The molecule has 1 aliphatic heterocycles. The van der Waals surface area contributed by atoms with Crippen molar-refractivity contribution in [1.82, 2.24) is 4.90 Å². The highest BCUT2D eigenvalue weighted by atomic mass is 19.3. The molecular formula is C17H19F2NO2. The van der Waals surface area contributed by atoms with Gasteiger partial charge in [0.25, 0.3) is 6.43 Å². The van der Waals surface area contributed by atoms with Crippen molar-refractivity contribution in [2.75, 3.05) is 13.1 Å². The molecule has 3 nitrogen and oxygen atoms in total. The lowest BCUT2D eigenvalue weighted by atomic mass is 10.00. The van der Waals surface area contributed by atoms with Crippen LogP contribution < -0.4 is 0 Å². The van der Waals surface area contributed by atoms with E-state index in [1.54, 1.807) is 23.1 Å². The van der Waals surface area contributed by atoms with Gasteiger partial charge in [-0.05, 0) is 26.8 Å². The van der Waals surface area contributed by atoms with Crippen LogP contribution in [0.1, 0.15) is 38.3 Å². The van der Waals surface area contributed by atoms with Gasteiger partial charge in [-0.3, -0.25) is 0 Å². The summed E-state index contributed by atoms with van der Waals surface area (Å²) in [5.74, 6) is 5.74. The van der Waals surface area contributed by atoms with E-state index in [1.807, 2.05) is 20.8 Å². The Hall–Kier alpha value is -2.09. The second-order valence-electron chi connectivity index (χ2n) is 6.24. The first-order chi connectivity index (χ1) is 10.3. The first-order valence-electron chi connectivity index (χ1n) is 7.13. The summed E-state index contributed by atoms with van der Waals surface area (Å²) < 4.78 is 30.9. The third-order valence-electron chi connectivity index (χ3n) is 3.14. The Morgan fingerprint density at radius 2 is 1.95 bits per heavy atom. The molecular weight excluding hydrogens is 288 g/mol. The van der Waals surface area contributed by atoms with Crippen LogP contribution in [0.5, 0.6) is 0 Å². The minimum Gasteiger partial charge on any atom is -0.444 e. The second kappa shape index (κ2) is 6.35. The number of nitrogens with zero attached hydrogens (tertiary/aromatic N) is 1. The van der Waals surface area contributed by atoms with Crippen LogP contribution in [0.25, 0.3) is 0 Å². The largest absolute Gasteiger partial charge is 0.444 e. The average Bonchev–Trinajstić information content (AvgIpc) is 2.34. The fourth-order valence-electron chi connectivity index (χ4n) is 2.03. The molecule has 0 aliphatic carbocycles. The van der Waals surface area contributed by atoms with E-state index in [0.717, 1.165) is 0 Å². The summed E-state index contributed by atoms with van der Waals surface area (Å²) in [6.07, 6.45) is -2.90. The highest BCUT2D eigenvalue weighted by Gasteiger charge is 2.32. The molecule has 5 heteroatoms. The zero-order chi connectivity index (χ0) is 16.3. The van der Waals surface area contributed by atoms with E-state index in [4.69, 9.17) is 4.74 Å². The molecule has 1 amide bonds. The number of carbonyl (C=O) groups is 1. The van der Waals surface area contributed by atoms with Gasteiger partial charge >= 0.3 is 6.09 Å². The number of hydrogen-bond donors (Lipinski definition) is 0. The van der Waals surface area contributed by atoms with Crippen molar-refractivity contribution in [3.8, 4) is 11.8 Å². The highest BCUT2D eigenvalue weighted by molar-refractivity contribution is 5.69. The molecule has 0 aromatic heterocycles. The van der Waals surface area contributed by atoms with Gasteiger partial charge < -0.3 is 9.64 Å². The second-order valence-corrected chi connectivity index (χ2v) is 6.24. The van der Waals surface area contributed by atoms with E-state index < -0.39 is 12.0 Å². The van der Waals surface area contributed by atoms with E-state index in [-0.39, 0.29) is 17.6 Å². The standard InChI is InChI=1S/C17H19F2NO2/c1-17(2,3)22-16(21)20-10-12(11-20)8-9-13-6-4-5-7-14(13)15(18)19/h4-7,12,15H,10-11H2,1-3H3. The number of ether oxygens (including phenoxy) is 1. The molecule has 0 radical (unpaired) electrons. The smallest absolute Gasteiger partial charge is 0.410 e. The van der Waals surface area contributed by atoms with Crippen LogP contribution in [0.15, 0.2) is 24.3 Å². The molecule has 1 fully saturated rings. The first kappa shape index (κ1) is 16.3. The van der Waals surface area contributed by atoms with Crippen molar-refractivity contribution in [2.45, 2.75) is 32.8 Å². The Morgan fingerprint density at radius 3 is 2.55 bits per heavy atom. The summed E-state index contributed by atoms with van der Waals surface area (Å²) in [5.41, 5.74) is -0.240. The summed E-state index contributed by atoms with van der Waals surface area (Å²) in [6, 6.07) is 6.21. The van der Waals surface area contributed by atoms with Gasteiger partial charge in [-0.25, -0.2) is 13.6 Å². The van der Waals surface area contributed by atoms with Crippen molar-refractivity contribution >= 4 is 6.09 Å². The van der Waals surface area contributed by atoms with Gasteiger partial charge in [0.05, 0.1) is 5.92 Å². The minimum absolute atomic E-state index is 0.00162. The Morgan fingerprint density at radius 1 is 1.32 bits per heavy atom. The topological polar surface area (TPSA) is 29.5 Å². The fraction of sp³-hybridized carbons (Fsp3) is 0.471. The van der Waals surface area contributed by atoms with E-state index >= 15 is 0 Å². The Balaban J connectivity index is 1.93. The molecule has 1 saturated heterocycles. The lowest BCUT2D eigenvalue weighted by molar-refractivity contribution is 0.00592. The third-order valence-corrected chi connectivity index (χ3v) is 3.14. The van der Waals surface area contributed by atoms with Crippen LogP contribution in [0.2, 0.25) is 0 Å². The number of benzene rings is 1. The van der Waals surface area contributed by atoms with Crippen molar-refractivity contribution in [3.63, 3.8) is 0 Å². The van der Waals surface area contributed by atoms with Gasteiger partial charge in [0.15, 0.2) is 0 Å². The molecule has 1 heterocycles. The van der Waals surface area contributed by atoms with Crippen LogP contribution in [0, 0.1) is 17.8 Å². The molecule has 1 aromatic carbocycles. The fourth-order valence-corrected chi connectivity index (χ4v) is 2.03. The van der Waals surface area contributed by atoms with Crippen LogP contribution in [-0.4, -0.2) is 29.7 Å². The molecule has 118 valence electrons. The number of halogens is 2. The van der Waals surface area contributed by atoms with Gasteiger partial charge in [0.1, 0.15) is 5.60 Å². The van der Waals surface area contributed by atoms with Gasteiger partial charge in [0, 0.05) is 24.2 Å². The number of rotatable bonds is 1. The van der Waals surface area contributed by atoms with Crippen LogP contribution in [0.4, 0.5) is 13.6 Å². The van der Waals surface area contributed by atoms with E-state index in [9.17, 15) is 13.6 Å². The Labute approximate surface area is 129 Å². The quantitative estimate of drug-likeness (QED) is 0.738. The molecule has 0 saturated carbocycles. The van der Waals surface area contributed by atoms with Crippen LogP contribution in [0.3, 0.4) is 0 Å². The van der Waals surface area contributed by atoms with Gasteiger partial charge in [0.2, 0.25) is 0 Å². The molecule has 0 N–H and O–H groups in total. The van der Waals surface area contributed by atoms with Crippen molar-refractivity contribution in [2.24, 2.45) is 5.92 Å². The maximum Gasteiger partial charge on any atom is 0.410 e. The molecule has 0 unspecified atom stereocenters. The molecule has 2 rings (SSSR count). The van der Waals surface area contributed by atoms with Crippen molar-refractivity contribution < 1.29 is 18.3 Å². The SMILES string of the molecule is CC(C)(C)OC(=O)N1CC(C#Cc2ccccc2C(F)F)C1. The summed E-state index contributed by atoms with van der Waals surface area (Å²) >= 11 is 0. The predicted octanol–water partition coefficient (Wildman–Crippen LogP) is 3.84.